The third-order valence-corrected chi connectivity index (χ3v) is 9.70. The summed E-state index contributed by atoms with van der Waals surface area (Å²) in [4.78, 5) is 3.70. The van der Waals surface area contributed by atoms with Crippen molar-refractivity contribution >= 4 is 0 Å². The molecule has 0 aliphatic heterocycles. The number of imidazole rings is 1. The number of H-pyrrole nitrogens is 1. The number of hydrogen-bond donors (Lipinski definition) is 1. The van der Waals surface area contributed by atoms with Crippen LogP contribution in [0.3, 0.4) is 0 Å². The molecule has 2 heteroatoms. The summed E-state index contributed by atoms with van der Waals surface area (Å²) in [6.45, 7) is 5.75. The Labute approximate surface area is 269 Å². The molecule has 2 rings (SSSR count). The lowest BCUT2D eigenvalue weighted by molar-refractivity contribution is -0.704. The molecule has 0 aliphatic rings. The summed E-state index contributed by atoms with van der Waals surface area (Å²) in [5, 5.41) is 0. The third kappa shape index (κ3) is 20.2. The van der Waals surface area contributed by atoms with Gasteiger partial charge in [-0.15, -0.1) is 0 Å². The molecule has 1 aromatic heterocycles. The molecule has 1 aromatic carbocycles. The first-order valence-electron chi connectivity index (χ1n) is 19.5. The van der Waals surface area contributed by atoms with Gasteiger partial charge in [0.05, 0.1) is 12.5 Å². The molecule has 0 bridgehead atoms. The highest BCUT2D eigenvalue weighted by Gasteiger charge is 2.22. The van der Waals surface area contributed by atoms with Crippen LogP contribution in [-0.2, 0) is 13.0 Å². The number of aromatic amines is 1. The predicted octanol–water partition coefficient (Wildman–Crippen LogP) is 13.2. The first kappa shape index (κ1) is 37.6. The average molecular weight is 594 g/mol. The van der Waals surface area contributed by atoms with E-state index in [0.717, 1.165) is 6.54 Å². The number of rotatable bonds is 31. The van der Waals surface area contributed by atoms with Crippen molar-refractivity contribution in [2.45, 2.75) is 206 Å². The lowest BCUT2D eigenvalue weighted by Crippen LogP contribution is -2.37. The van der Waals surface area contributed by atoms with Gasteiger partial charge in [-0.25, -0.2) is 9.55 Å². The van der Waals surface area contributed by atoms with Crippen LogP contribution >= 0.6 is 0 Å². The minimum absolute atomic E-state index is 0.693. The van der Waals surface area contributed by atoms with Gasteiger partial charge in [-0.05, 0) is 31.2 Å². The van der Waals surface area contributed by atoms with Gasteiger partial charge < -0.3 is 0 Å². The Morgan fingerprint density at radius 1 is 0.512 bits per heavy atom. The van der Waals surface area contributed by atoms with E-state index in [4.69, 9.17) is 0 Å². The Morgan fingerprint density at radius 2 is 0.930 bits per heavy atom. The molecule has 0 saturated carbocycles. The normalized spacial score (nSPS) is 12.2. The van der Waals surface area contributed by atoms with Gasteiger partial charge in [0.15, 0.2) is 0 Å². The molecule has 1 atom stereocenters. The topological polar surface area (TPSA) is 19.7 Å². The molecular formula is C41H73N2+. The van der Waals surface area contributed by atoms with Gasteiger partial charge in [-0.3, -0.25) is 0 Å². The molecule has 246 valence electrons. The largest absolute Gasteiger partial charge is 0.257 e. The van der Waals surface area contributed by atoms with E-state index in [0.29, 0.717) is 5.92 Å². The SMILES string of the molecule is CCCCCCCCCCCCCCCCC[C@H](CCCCCCCCCCC)c1[nH]cc[n+]1CCCc1ccccc1. The molecule has 0 radical (unpaired) electrons. The Bertz CT molecular complexity index is 825. The summed E-state index contributed by atoms with van der Waals surface area (Å²) in [5.41, 5.74) is 1.46. The van der Waals surface area contributed by atoms with E-state index in [1.807, 2.05) is 0 Å². The highest BCUT2D eigenvalue weighted by molar-refractivity contribution is 5.14. The summed E-state index contributed by atoms with van der Waals surface area (Å²) >= 11 is 0. The quantitative estimate of drug-likeness (QED) is 0.0662. The highest BCUT2D eigenvalue weighted by atomic mass is 15.1. The zero-order valence-electron chi connectivity index (χ0n) is 29.1. The van der Waals surface area contributed by atoms with Crippen LogP contribution in [0.5, 0.6) is 0 Å². The van der Waals surface area contributed by atoms with Crippen LogP contribution in [0, 0.1) is 0 Å². The Balaban J connectivity index is 1.64. The number of aromatic nitrogens is 2. The second-order valence-corrected chi connectivity index (χ2v) is 13.7. The standard InChI is InChI=1S/C41H72N2/c1-3-5-7-9-11-13-14-15-16-17-18-20-22-24-29-35-40(34-28-23-21-19-12-10-8-6-4-2)41-42-36-38-43(41)37-30-33-39-31-26-25-27-32-39/h25-27,31-32,36,38,40H,3-24,28-30,33-35,37H2,1-2H3/p+1/t40-/m0/s1. The Morgan fingerprint density at radius 3 is 1.37 bits per heavy atom. The summed E-state index contributed by atoms with van der Waals surface area (Å²) in [6.07, 6.45) is 44.0. The number of benzene rings is 1. The molecule has 0 aliphatic carbocycles. The average Bonchev–Trinajstić information content (AvgIpc) is 3.50. The summed E-state index contributed by atoms with van der Waals surface area (Å²) in [7, 11) is 0. The second-order valence-electron chi connectivity index (χ2n) is 13.7. The van der Waals surface area contributed by atoms with E-state index < -0.39 is 0 Å². The van der Waals surface area contributed by atoms with Crippen molar-refractivity contribution in [2.75, 3.05) is 0 Å². The van der Waals surface area contributed by atoms with Crippen molar-refractivity contribution in [3.05, 3.63) is 54.1 Å². The molecule has 2 aromatic rings. The molecule has 1 heterocycles. The minimum atomic E-state index is 0.693. The molecule has 43 heavy (non-hydrogen) atoms. The van der Waals surface area contributed by atoms with Gasteiger partial charge in [-0.2, -0.15) is 0 Å². The zero-order valence-corrected chi connectivity index (χ0v) is 29.1. The van der Waals surface area contributed by atoms with Gasteiger partial charge in [0.25, 0.3) is 5.82 Å². The maximum absolute atomic E-state index is 3.70. The van der Waals surface area contributed by atoms with Crippen LogP contribution in [0.4, 0.5) is 0 Å². The van der Waals surface area contributed by atoms with E-state index in [2.05, 4.69) is 66.1 Å². The zero-order chi connectivity index (χ0) is 30.5. The van der Waals surface area contributed by atoms with Gasteiger partial charge in [-0.1, -0.05) is 198 Å². The fourth-order valence-corrected chi connectivity index (χ4v) is 6.90. The van der Waals surface area contributed by atoms with E-state index in [1.54, 1.807) is 0 Å². The fourth-order valence-electron chi connectivity index (χ4n) is 6.90. The van der Waals surface area contributed by atoms with Crippen molar-refractivity contribution in [1.82, 2.24) is 4.98 Å². The van der Waals surface area contributed by atoms with Gasteiger partial charge >= 0.3 is 0 Å². The van der Waals surface area contributed by atoms with Crippen LogP contribution in [0.1, 0.15) is 205 Å². The van der Waals surface area contributed by atoms with Gasteiger partial charge in [0, 0.05) is 0 Å². The number of nitrogens with one attached hydrogen (secondary N) is 1. The molecule has 2 nitrogen and oxygen atoms in total. The number of aryl methyl sites for hydroxylation is 2. The lowest BCUT2D eigenvalue weighted by atomic mass is 9.93. The van der Waals surface area contributed by atoms with E-state index in [1.165, 1.54) is 191 Å². The monoisotopic (exact) mass is 594 g/mol. The molecule has 0 fully saturated rings. The predicted molar refractivity (Wildman–Crippen MR) is 190 cm³/mol. The first-order chi connectivity index (χ1) is 21.3. The number of hydrogen-bond acceptors (Lipinski definition) is 0. The van der Waals surface area contributed by atoms with E-state index >= 15 is 0 Å². The van der Waals surface area contributed by atoms with Crippen LogP contribution in [0.25, 0.3) is 0 Å². The number of unbranched alkanes of at least 4 members (excludes halogenated alkanes) is 22. The van der Waals surface area contributed by atoms with Crippen LogP contribution < -0.4 is 4.57 Å². The van der Waals surface area contributed by atoms with Crippen molar-refractivity contribution < 1.29 is 4.57 Å². The molecular weight excluding hydrogens is 520 g/mol. The van der Waals surface area contributed by atoms with Crippen molar-refractivity contribution in [2.24, 2.45) is 0 Å². The van der Waals surface area contributed by atoms with Crippen molar-refractivity contribution in [3.8, 4) is 0 Å². The highest BCUT2D eigenvalue weighted by Crippen LogP contribution is 2.26. The van der Waals surface area contributed by atoms with Crippen LogP contribution in [0.2, 0.25) is 0 Å². The minimum Gasteiger partial charge on any atom is -0.247 e. The maximum Gasteiger partial charge on any atom is 0.257 e. The molecule has 0 saturated heterocycles. The Kier molecular flexibility index (Phi) is 24.4. The van der Waals surface area contributed by atoms with E-state index in [-0.39, 0.29) is 0 Å². The van der Waals surface area contributed by atoms with Crippen LogP contribution in [0.15, 0.2) is 42.7 Å². The summed E-state index contributed by atoms with van der Waals surface area (Å²) in [5.74, 6) is 2.19. The van der Waals surface area contributed by atoms with Crippen LogP contribution in [-0.4, -0.2) is 4.98 Å². The maximum atomic E-state index is 3.70. The van der Waals surface area contributed by atoms with E-state index in [9.17, 15) is 0 Å². The van der Waals surface area contributed by atoms with Gasteiger partial charge in [0.2, 0.25) is 0 Å². The second kappa shape index (κ2) is 27.9. The fraction of sp³-hybridized carbons (Fsp3) is 0.780. The van der Waals surface area contributed by atoms with Gasteiger partial charge in [0.1, 0.15) is 12.4 Å². The molecule has 0 amide bonds. The molecule has 0 unspecified atom stereocenters. The van der Waals surface area contributed by atoms with Crippen molar-refractivity contribution in [3.63, 3.8) is 0 Å². The third-order valence-electron chi connectivity index (χ3n) is 9.70. The molecule has 0 spiro atoms. The number of nitrogens with zero attached hydrogens (tertiary/aromatic N) is 1. The first-order valence-corrected chi connectivity index (χ1v) is 19.5. The smallest absolute Gasteiger partial charge is 0.247 e. The Hall–Kier alpha value is -1.57. The van der Waals surface area contributed by atoms with Crippen molar-refractivity contribution in [1.29, 1.82) is 0 Å². The summed E-state index contributed by atoms with van der Waals surface area (Å²) in [6, 6.07) is 11.0. The lowest BCUT2D eigenvalue weighted by Gasteiger charge is -2.14. The molecule has 1 N–H and O–H groups in total. The summed E-state index contributed by atoms with van der Waals surface area (Å²) < 4.78 is 2.55.